The van der Waals surface area contributed by atoms with E-state index in [2.05, 4.69) is 86.2 Å². The molecule has 2 nitrogen and oxygen atoms in total. The maximum absolute atomic E-state index is 3.86. The predicted molar refractivity (Wildman–Crippen MR) is 114 cm³/mol. The van der Waals surface area contributed by atoms with Crippen LogP contribution in [0.25, 0.3) is 0 Å². The highest BCUT2D eigenvalue weighted by atomic mass is 32.2. The van der Waals surface area contributed by atoms with Crippen molar-refractivity contribution in [3.05, 3.63) is 65.2 Å². The van der Waals surface area contributed by atoms with Crippen LogP contribution in [0.2, 0.25) is 0 Å². The maximum Gasteiger partial charge on any atom is 0.0476 e. The molecule has 2 atom stereocenters. The topological polar surface area (TPSA) is 24.1 Å². The molecule has 140 valence electrons. The molecule has 26 heavy (non-hydrogen) atoms. The van der Waals surface area contributed by atoms with Gasteiger partial charge in [0.2, 0.25) is 0 Å². The first-order valence-corrected chi connectivity index (χ1v) is 10.9. The highest BCUT2D eigenvalue weighted by molar-refractivity contribution is 7.98. The zero-order chi connectivity index (χ0) is 18.6. The third-order valence-electron chi connectivity index (χ3n) is 5.32. The van der Waals surface area contributed by atoms with Crippen molar-refractivity contribution in [3.8, 4) is 0 Å². The molecule has 3 heteroatoms. The first-order valence-electron chi connectivity index (χ1n) is 9.68. The zero-order valence-corrected chi connectivity index (χ0v) is 17.3. The molecule has 2 N–H and O–H groups in total. The molecule has 0 amide bonds. The van der Waals surface area contributed by atoms with Gasteiger partial charge in [0.05, 0.1) is 0 Å². The van der Waals surface area contributed by atoms with Crippen LogP contribution in [0.15, 0.2) is 53.4 Å². The third-order valence-corrected chi connectivity index (χ3v) is 6.16. The van der Waals surface area contributed by atoms with Gasteiger partial charge in [0.25, 0.3) is 0 Å². The van der Waals surface area contributed by atoms with Crippen LogP contribution in [0.5, 0.6) is 0 Å². The number of hydrogen-bond donors (Lipinski definition) is 2. The largest absolute Gasteiger partial charge is 0.309 e. The van der Waals surface area contributed by atoms with E-state index in [0.29, 0.717) is 12.1 Å². The second-order valence-corrected chi connectivity index (χ2v) is 9.10. The molecule has 2 aromatic rings. The molecule has 0 bridgehead atoms. The second kappa shape index (κ2) is 8.60. The Kier molecular flexibility index (Phi) is 6.44. The monoisotopic (exact) mass is 368 g/mol. The molecule has 1 aliphatic rings. The Hall–Kier alpha value is -1.29. The third kappa shape index (κ3) is 4.70. The van der Waals surface area contributed by atoms with Gasteiger partial charge in [-0.3, -0.25) is 0 Å². The van der Waals surface area contributed by atoms with Gasteiger partial charge in [-0.25, -0.2) is 0 Å². The van der Waals surface area contributed by atoms with Gasteiger partial charge < -0.3 is 10.6 Å². The molecule has 0 spiro atoms. The van der Waals surface area contributed by atoms with Gasteiger partial charge in [-0.1, -0.05) is 63.2 Å². The second-order valence-electron chi connectivity index (χ2n) is 8.25. The zero-order valence-electron chi connectivity index (χ0n) is 16.5. The summed E-state index contributed by atoms with van der Waals surface area (Å²) in [6, 6.07) is 18.7. The number of hydrogen-bond acceptors (Lipinski definition) is 3. The van der Waals surface area contributed by atoms with Crippen LogP contribution < -0.4 is 10.6 Å². The van der Waals surface area contributed by atoms with Crippen molar-refractivity contribution >= 4 is 11.8 Å². The quantitative estimate of drug-likeness (QED) is 0.701. The molecule has 0 aromatic heterocycles. The highest BCUT2D eigenvalue weighted by Gasteiger charge is 2.26. The average molecular weight is 369 g/mol. The summed E-state index contributed by atoms with van der Waals surface area (Å²) in [5, 5.41) is 7.58. The molecule has 2 aromatic carbocycles. The lowest BCUT2D eigenvalue weighted by Crippen LogP contribution is -2.45. The average Bonchev–Trinajstić information content (AvgIpc) is 2.66. The smallest absolute Gasteiger partial charge is 0.0476 e. The van der Waals surface area contributed by atoms with Crippen molar-refractivity contribution in [1.29, 1.82) is 0 Å². The van der Waals surface area contributed by atoms with Crippen molar-refractivity contribution in [2.24, 2.45) is 0 Å². The van der Waals surface area contributed by atoms with E-state index in [4.69, 9.17) is 0 Å². The lowest BCUT2D eigenvalue weighted by molar-refractivity contribution is 0.304. The van der Waals surface area contributed by atoms with E-state index in [-0.39, 0.29) is 5.41 Å². The minimum atomic E-state index is 0.185. The van der Waals surface area contributed by atoms with Crippen molar-refractivity contribution < 1.29 is 0 Å². The summed E-state index contributed by atoms with van der Waals surface area (Å²) >= 11 is 1.84. The van der Waals surface area contributed by atoms with Crippen LogP contribution in [0, 0.1) is 0 Å². The van der Waals surface area contributed by atoms with E-state index in [0.717, 1.165) is 13.1 Å². The molecule has 0 aliphatic carbocycles. The summed E-state index contributed by atoms with van der Waals surface area (Å²) in [6.07, 6.45) is 4.63. The summed E-state index contributed by atoms with van der Waals surface area (Å²) in [7, 11) is 0. The Morgan fingerprint density at radius 1 is 1.12 bits per heavy atom. The summed E-state index contributed by atoms with van der Waals surface area (Å²) < 4.78 is 0. The van der Waals surface area contributed by atoms with Crippen LogP contribution in [0.4, 0.5) is 0 Å². The van der Waals surface area contributed by atoms with Gasteiger partial charge in [0, 0.05) is 23.5 Å². The van der Waals surface area contributed by atoms with E-state index in [9.17, 15) is 0 Å². The fraction of sp³-hybridized carbons (Fsp3) is 0.478. The van der Waals surface area contributed by atoms with Crippen LogP contribution in [0.3, 0.4) is 0 Å². The Bertz CT molecular complexity index is 706. The first-order chi connectivity index (χ1) is 12.5. The molecule has 2 unspecified atom stereocenters. The number of benzene rings is 2. The van der Waals surface area contributed by atoms with Gasteiger partial charge in [0.15, 0.2) is 0 Å². The summed E-state index contributed by atoms with van der Waals surface area (Å²) in [6.45, 7) is 8.89. The molecule has 1 heterocycles. The van der Waals surface area contributed by atoms with Crippen LogP contribution >= 0.6 is 11.8 Å². The molecule has 1 saturated heterocycles. The fourth-order valence-electron chi connectivity index (χ4n) is 3.74. The van der Waals surface area contributed by atoms with Gasteiger partial charge in [-0.15, -0.1) is 11.8 Å². The van der Waals surface area contributed by atoms with E-state index in [1.165, 1.54) is 34.4 Å². The SMILES string of the molecule is CSc1ccc(C(C)(C)C)cc1CNC1CCCNC1c1ccccc1. The summed E-state index contributed by atoms with van der Waals surface area (Å²) in [5.74, 6) is 0. The Morgan fingerprint density at radius 3 is 2.58 bits per heavy atom. The number of nitrogens with one attached hydrogen (secondary N) is 2. The molecular weight excluding hydrogens is 336 g/mol. The standard InChI is InChI=1S/C23H32N2S/c1-23(2,3)19-12-13-21(26-4)18(15-19)16-25-20-11-8-14-24-22(20)17-9-6-5-7-10-17/h5-7,9-10,12-13,15,20,22,24-25H,8,11,14,16H2,1-4H3. The van der Waals surface area contributed by atoms with Crippen LogP contribution in [-0.2, 0) is 12.0 Å². The maximum atomic E-state index is 3.86. The lowest BCUT2D eigenvalue weighted by Gasteiger charge is -2.34. The normalized spacial score (nSPS) is 20.9. The highest BCUT2D eigenvalue weighted by Crippen LogP contribution is 2.29. The number of thioether (sulfide) groups is 1. The van der Waals surface area contributed by atoms with E-state index < -0.39 is 0 Å². The fourth-order valence-corrected chi connectivity index (χ4v) is 4.34. The molecule has 1 fully saturated rings. The van der Waals surface area contributed by atoms with Crippen molar-refractivity contribution in [3.63, 3.8) is 0 Å². The summed E-state index contributed by atoms with van der Waals surface area (Å²) in [5.41, 5.74) is 4.40. The van der Waals surface area contributed by atoms with Gasteiger partial charge in [0.1, 0.15) is 0 Å². The number of rotatable bonds is 5. The van der Waals surface area contributed by atoms with Gasteiger partial charge in [-0.05, 0) is 53.8 Å². The summed E-state index contributed by atoms with van der Waals surface area (Å²) in [4.78, 5) is 1.38. The molecule has 3 rings (SSSR count). The molecule has 0 radical (unpaired) electrons. The molecule has 0 saturated carbocycles. The van der Waals surface area contributed by atoms with E-state index in [1.54, 1.807) is 0 Å². The Labute approximate surface area is 163 Å². The van der Waals surface area contributed by atoms with Crippen molar-refractivity contribution in [2.45, 2.75) is 62.6 Å². The van der Waals surface area contributed by atoms with Crippen molar-refractivity contribution in [1.82, 2.24) is 10.6 Å². The predicted octanol–water partition coefficient (Wildman–Crippen LogP) is 5.29. The Morgan fingerprint density at radius 2 is 1.88 bits per heavy atom. The molecule has 1 aliphatic heterocycles. The Balaban J connectivity index is 1.76. The molecular formula is C23H32N2S. The van der Waals surface area contributed by atoms with Crippen LogP contribution in [0.1, 0.15) is 56.3 Å². The van der Waals surface area contributed by atoms with Gasteiger partial charge >= 0.3 is 0 Å². The minimum Gasteiger partial charge on any atom is -0.309 e. The van der Waals surface area contributed by atoms with E-state index in [1.807, 2.05) is 11.8 Å². The minimum absolute atomic E-state index is 0.185. The lowest BCUT2D eigenvalue weighted by atomic mass is 9.86. The van der Waals surface area contributed by atoms with Crippen LogP contribution in [-0.4, -0.2) is 18.8 Å². The first kappa shape index (κ1) is 19.5. The van der Waals surface area contributed by atoms with Gasteiger partial charge in [-0.2, -0.15) is 0 Å². The van der Waals surface area contributed by atoms with E-state index >= 15 is 0 Å². The number of piperidine rings is 1. The van der Waals surface area contributed by atoms with Crippen molar-refractivity contribution in [2.75, 3.05) is 12.8 Å².